The van der Waals surface area contributed by atoms with Crippen molar-refractivity contribution in [1.29, 1.82) is 0 Å². The Hall–Kier alpha value is -2.71. The van der Waals surface area contributed by atoms with Crippen molar-refractivity contribution >= 4 is 17.3 Å². The fourth-order valence-electron chi connectivity index (χ4n) is 3.23. The average molecular weight is 345 g/mol. The molecule has 9 nitrogen and oxygen atoms in total. The van der Waals surface area contributed by atoms with Crippen LogP contribution in [0.3, 0.4) is 0 Å². The number of piperidine rings is 1. The number of aryl methyl sites for hydroxylation is 3. The third-order valence-corrected chi connectivity index (χ3v) is 4.60. The second-order valence-corrected chi connectivity index (χ2v) is 6.29. The van der Waals surface area contributed by atoms with E-state index >= 15 is 0 Å². The maximum atomic E-state index is 11.3. The maximum Gasteiger partial charge on any atom is 0.333 e. The summed E-state index contributed by atoms with van der Waals surface area (Å²) in [5.74, 6) is 1.43. The molecule has 1 fully saturated rings. The molecule has 0 aromatic carbocycles. The van der Waals surface area contributed by atoms with Crippen LogP contribution in [0.2, 0.25) is 0 Å². The van der Waals surface area contributed by atoms with Crippen LogP contribution < -0.4 is 10.2 Å². The highest BCUT2D eigenvalue weighted by Crippen LogP contribution is 2.29. The summed E-state index contributed by atoms with van der Waals surface area (Å²) < 4.78 is 1.55. The molecule has 0 aliphatic carbocycles. The molecule has 3 rings (SSSR count). The van der Waals surface area contributed by atoms with Gasteiger partial charge in [0.15, 0.2) is 0 Å². The van der Waals surface area contributed by atoms with E-state index < -0.39 is 0 Å². The topological polar surface area (TPSA) is 102 Å². The van der Waals surface area contributed by atoms with E-state index in [1.165, 1.54) is 0 Å². The molecular weight excluding hydrogens is 322 g/mol. The van der Waals surface area contributed by atoms with Crippen LogP contribution in [0.5, 0.6) is 0 Å². The summed E-state index contributed by atoms with van der Waals surface area (Å²) in [5.41, 5.74) is 1.53. The van der Waals surface area contributed by atoms with E-state index in [-0.39, 0.29) is 16.7 Å². The normalized spacial score (nSPS) is 15.4. The Morgan fingerprint density at radius 1 is 1.36 bits per heavy atom. The zero-order chi connectivity index (χ0) is 18.0. The van der Waals surface area contributed by atoms with E-state index in [1.807, 2.05) is 6.07 Å². The highest BCUT2D eigenvalue weighted by atomic mass is 16.6. The van der Waals surface area contributed by atoms with E-state index in [4.69, 9.17) is 0 Å². The van der Waals surface area contributed by atoms with Gasteiger partial charge in [0.2, 0.25) is 5.82 Å². The standard InChI is InChI=1S/C16H23N7O2/c1-4-12-9-14(18-10-17-12)22-7-5-13(6-8-22)19-16-15(23(24)25)11(2)20-21(16)3/h9-10,13,19H,4-8H2,1-3H3. The first kappa shape index (κ1) is 17.1. The molecule has 25 heavy (non-hydrogen) atoms. The van der Waals surface area contributed by atoms with Crippen molar-refractivity contribution in [3.05, 3.63) is 33.9 Å². The second-order valence-electron chi connectivity index (χ2n) is 6.29. The molecule has 134 valence electrons. The number of aromatic nitrogens is 4. The molecule has 0 radical (unpaired) electrons. The number of nitrogens with one attached hydrogen (secondary N) is 1. The number of nitrogens with zero attached hydrogens (tertiary/aromatic N) is 6. The minimum absolute atomic E-state index is 0.0633. The second kappa shape index (κ2) is 7.04. The fourth-order valence-corrected chi connectivity index (χ4v) is 3.23. The SMILES string of the molecule is CCc1cc(N2CCC(Nc3c([N+](=O)[O-])c(C)nn3C)CC2)ncn1. The summed E-state index contributed by atoms with van der Waals surface area (Å²) in [5, 5.41) is 18.8. The first-order chi connectivity index (χ1) is 12.0. The van der Waals surface area contributed by atoms with Crippen molar-refractivity contribution in [2.45, 2.75) is 39.2 Å². The molecule has 1 aliphatic heterocycles. The van der Waals surface area contributed by atoms with Gasteiger partial charge in [0.25, 0.3) is 0 Å². The lowest BCUT2D eigenvalue weighted by Gasteiger charge is -2.33. The van der Waals surface area contributed by atoms with E-state index in [0.29, 0.717) is 11.5 Å². The van der Waals surface area contributed by atoms with Gasteiger partial charge in [-0.25, -0.2) is 14.6 Å². The molecule has 1 aliphatic rings. The van der Waals surface area contributed by atoms with Crippen LogP contribution >= 0.6 is 0 Å². The third-order valence-electron chi connectivity index (χ3n) is 4.60. The van der Waals surface area contributed by atoms with Crippen LogP contribution in [-0.4, -0.2) is 43.8 Å². The predicted molar refractivity (Wildman–Crippen MR) is 94.9 cm³/mol. The van der Waals surface area contributed by atoms with E-state index in [1.54, 1.807) is 25.0 Å². The number of nitro groups is 1. The van der Waals surface area contributed by atoms with E-state index in [0.717, 1.165) is 43.9 Å². The van der Waals surface area contributed by atoms with Gasteiger partial charge >= 0.3 is 5.69 Å². The monoisotopic (exact) mass is 345 g/mol. The van der Waals surface area contributed by atoms with Crippen LogP contribution in [0.15, 0.2) is 12.4 Å². The summed E-state index contributed by atoms with van der Waals surface area (Å²) in [4.78, 5) is 21.8. The third kappa shape index (κ3) is 3.54. The minimum atomic E-state index is -0.368. The zero-order valence-corrected chi connectivity index (χ0v) is 14.8. The summed E-state index contributed by atoms with van der Waals surface area (Å²) in [6, 6.07) is 2.21. The molecule has 1 N–H and O–H groups in total. The van der Waals surface area contributed by atoms with Crippen LogP contribution in [-0.2, 0) is 13.5 Å². The largest absolute Gasteiger partial charge is 0.362 e. The summed E-state index contributed by atoms with van der Waals surface area (Å²) in [6.07, 6.45) is 4.26. The van der Waals surface area contributed by atoms with Gasteiger partial charge in [-0.05, 0) is 26.2 Å². The van der Waals surface area contributed by atoms with Gasteiger partial charge in [-0.2, -0.15) is 5.10 Å². The van der Waals surface area contributed by atoms with Crippen molar-refractivity contribution in [3.63, 3.8) is 0 Å². The van der Waals surface area contributed by atoms with Crippen LogP contribution in [0, 0.1) is 17.0 Å². The average Bonchev–Trinajstić information content (AvgIpc) is 2.89. The summed E-state index contributed by atoms with van der Waals surface area (Å²) in [6.45, 7) is 5.43. The number of rotatable bonds is 5. The zero-order valence-electron chi connectivity index (χ0n) is 14.8. The molecule has 1 saturated heterocycles. The number of anilines is 2. The smallest absolute Gasteiger partial charge is 0.333 e. The first-order valence-electron chi connectivity index (χ1n) is 8.50. The van der Waals surface area contributed by atoms with Gasteiger partial charge in [-0.1, -0.05) is 6.92 Å². The van der Waals surface area contributed by atoms with Crippen LogP contribution in [0.25, 0.3) is 0 Å². The summed E-state index contributed by atoms with van der Waals surface area (Å²) in [7, 11) is 1.73. The minimum Gasteiger partial charge on any atom is -0.362 e. The Balaban J connectivity index is 1.66. The molecule has 9 heteroatoms. The van der Waals surface area contributed by atoms with Crippen LogP contribution in [0.1, 0.15) is 31.2 Å². The Bertz CT molecular complexity index is 766. The Kier molecular flexibility index (Phi) is 4.82. The maximum absolute atomic E-state index is 11.3. The molecule has 2 aromatic heterocycles. The van der Waals surface area contributed by atoms with Gasteiger partial charge in [0.1, 0.15) is 17.8 Å². The lowest BCUT2D eigenvalue weighted by atomic mass is 10.0. The predicted octanol–water partition coefficient (Wildman–Crippen LogP) is 2.07. The molecule has 0 unspecified atom stereocenters. The fraction of sp³-hybridized carbons (Fsp3) is 0.562. The van der Waals surface area contributed by atoms with E-state index in [2.05, 4.69) is 32.2 Å². The molecule has 0 bridgehead atoms. The van der Waals surface area contributed by atoms with Crippen molar-refractivity contribution in [1.82, 2.24) is 19.7 Å². The summed E-state index contributed by atoms with van der Waals surface area (Å²) >= 11 is 0. The number of hydrogen-bond acceptors (Lipinski definition) is 7. The molecule has 0 amide bonds. The van der Waals surface area contributed by atoms with Gasteiger partial charge in [0.05, 0.1) is 4.92 Å². The molecule has 3 heterocycles. The van der Waals surface area contributed by atoms with Crippen molar-refractivity contribution in [2.75, 3.05) is 23.3 Å². The quantitative estimate of drug-likeness (QED) is 0.653. The highest BCUT2D eigenvalue weighted by Gasteiger charge is 2.28. The molecule has 0 atom stereocenters. The Labute approximate surface area is 146 Å². The van der Waals surface area contributed by atoms with Gasteiger partial charge in [0, 0.05) is 37.9 Å². The molecular formula is C16H23N7O2. The van der Waals surface area contributed by atoms with Gasteiger partial charge < -0.3 is 10.2 Å². The van der Waals surface area contributed by atoms with E-state index in [9.17, 15) is 10.1 Å². The lowest BCUT2D eigenvalue weighted by Crippen LogP contribution is -2.40. The first-order valence-corrected chi connectivity index (χ1v) is 8.50. The molecule has 0 saturated carbocycles. The van der Waals surface area contributed by atoms with Crippen molar-refractivity contribution in [3.8, 4) is 0 Å². The van der Waals surface area contributed by atoms with Crippen molar-refractivity contribution < 1.29 is 4.92 Å². The highest BCUT2D eigenvalue weighted by molar-refractivity contribution is 5.60. The Morgan fingerprint density at radius 3 is 2.72 bits per heavy atom. The number of hydrogen-bond donors (Lipinski definition) is 1. The van der Waals surface area contributed by atoms with Crippen molar-refractivity contribution in [2.24, 2.45) is 7.05 Å². The Morgan fingerprint density at radius 2 is 2.08 bits per heavy atom. The van der Waals surface area contributed by atoms with Gasteiger partial charge in [-0.15, -0.1) is 0 Å². The van der Waals surface area contributed by atoms with Crippen LogP contribution in [0.4, 0.5) is 17.3 Å². The lowest BCUT2D eigenvalue weighted by molar-refractivity contribution is -0.384. The molecule has 0 spiro atoms. The van der Waals surface area contributed by atoms with Gasteiger partial charge in [-0.3, -0.25) is 10.1 Å². The molecule has 2 aromatic rings.